The number of nitrogen functional groups attached to an aromatic ring is 1. The van der Waals surface area contributed by atoms with Crippen LogP contribution >= 0.6 is 0 Å². The van der Waals surface area contributed by atoms with Crippen LogP contribution in [0.15, 0.2) is 18.2 Å². The van der Waals surface area contributed by atoms with Gasteiger partial charge in [0.1, 0.15) is 5.82 Å². The van der Waals surface area contributed by atoms with Crippen LogP contribution in [0.4, 0.5) is 15.8 Å². The second-order valence-corrected chi connectivity index (χ2v) is 4.67. The number of halogens is 1. The highest BCUT2D eigenvalue weighted by Gasteiger charge is 2.34. The molecule has 0 radical (unpaired) electrons. The maximum Gasteiger partial charge on any atom is 0.308 e. The van der Waals surface area contributed by atoms with Crippen LogP contribution in [0.3, 0.4) is 0 Å². The van der Waals surface area contributed by atoms with Crippen LogP contribution in [0.25, 0.3) is 0 Å². The van der Waals surface area contributed by atoms with Gasteiger partial charge in [-0.15, -0.1) is 0 Å². The molecule has 0 amide bonds. The zero-order valence-electron chi connectivity index (χ0n) is 10.3. The van der Waals surface area contributed by atoms with Crippen LogP contribution in [0.2, 0.25) is 0 Å². The summed E-state index contributed by atoms with van der Waals surface area (Å²) >= 11 is 0. The SMILES string of the molecule is COC(=O)C1CC(CNc2ccc(F)cc2N)C1. The Bertz CT molecular complexity index is 445. The summed E-state index contributed by atoms with van der Waals surface area (Å²) in [6.45, 7) is 0.739. The minimum absolute atomic E-state index is 0.0346. The highest BCUT2D eigenvalue weighted by molar-refractivity contribution is 5.73. The van der Waals surface area contributed by atoms with Gasteiger partial charge in [0, 0.05) is 6.54 Å². The molecular formula is C13H17FN2O2. The Kier molecular flexibility index (Phi) is 3.69. The summed E-state index contributed by atoms with van der Waals surface area (Å²) in [6, 6.07) is 4.29. The first-order valence-corrected chi connectivity index (χ1v) is 5.97. The number of esters is 1. The lowest BCUT2D eigenvalue weighted by molar-refractivity contribution is -0.149. The lowest BCUT2D eigenvalue weighted by Crippen LogP contribution is -2.35. The van der Waals surface area contributed by atoms with E-state index in [2.05, 4.69) is 10.1 Å². The molecule has 1 aromatic carbocycles. The van der Waals surface area contributed by atoms with E-state index in [1.165, 1.54) is 19.2 Å². The van der Waals surface area contributed by atoms with E-state index < -0.39 is 0 Å². The molecule has 98 valence electrons. The molecule has 1 fully saturated rings. The van der Waals surface area contributed by atoms with Gasteiger partial charge in [0.2, 0.25) is 0 Å². The van der Waals surface area contributed by atoms with E-state index in [0.717, 1.165) is 25.1 Å². The topological polar surface area (TPSA) is 64.3 Å². The van der Waals surface area contributed by atoms with Crippen molar-refractivity contribution in [2.24, 2.45) is 11.8 Å². The average molecular weight is 252 g/mol. The number of methoxy groups -OCH3 is 1. The molecule has 1 aliphatic carbocycles. The number of rotatable bonds is 4. The first kappa shape index (κ1) is 12.7. The maximum absolute atomic E-state index is 12.8. The number of hydrogen-bond acceptors (Lipinski definition) is 4. The summed E-state index contributed by atoms with van der Waals surface area (Å²) < 4.78 is 17.5. The van der Waals surface area contributed by atoms with Gasteiger partial charge in [-0.05, 0) is 37.0 Å². The van der Waals surface area contributed by atoms with Crippen molar-refractivity contribution < 1.29 is 13.9 Å². The van der Waals surface area contributed by atoms with Gasteiger partial charge in [0.15, 0.2) is 0 Å². The predicted molar refractivity (Wildman–Crippen MR) is 67.5 cm³/mol. The Hall–Kier alpha value is -1.78. The Morgan fingerprint density at radius 2 is 2.28 bits per heavy atom. The van der Waals surface area contributed by atoms with Gasteiger partial charge in [-0.3, -0.25) is 4.79 Å². The van der Waals surface area contributed by atoms with Crippen molar-refractivity contribution in [2.75, 3.05) is 24.7 Å². The molecular weight excluding hydrogens is 235 g/mol. The Morgan fingerprint density at radius 1 is 1.56 bits per heavy atom. The minimum Gasteiger partial charge on any atom is -0.469 e. The van der Waals surface area contributed by atoms with Crippen molar-refractivity contribution in [1.82, 2.24) is 0 Å². The normalized spacial score (nSPS) is 22.1. The molecule has 1 saturated carbocycles. The molecule has 0 heterocycles. The molecule has 4 nitrogen and oxygen atoms in total. The van der Waals surface area contributed by atoms with E-state index >= 15 is 0 Å². The van der Waals surface area contributed by atoms with Crippen molar-refractivity contribution in [2.45, 2.75) is 12.8 Å². The number of carbonyl (C=O) groups is 1. The zero-order valence-corrected chi connectivity index (χ0v) is 10.3. The third-order valence-electron chi connectivity index (χ3n) is 3.37. The van der Waals surface area contributed by atoms with Crippen molar-refractivity contribution in [3.63, 3.8) is 0 Å². The second-order valence-electron chi connectivity index (χ2n) is 4.67. The molecule has 18 heavy (non-hydrogen) atoms. The Morgan fingerprint density at radius 3 is 2.89 bits per heavy atom. The number of anilines is 2. The maximum atomic E-state index is 12.8. The largest absolute Gasteiger partial charge is 0.469 e. The highest BCUT2D eigenvalue weighted by Crippen LogP contribution is 2.34. The van der Waals surface area contributed by atoms with Crippen LogP contribution in [-0.4, -0.2) is 19.6 Å². The van der Waals surface area contributed by atoms with Crippen molar-refractivity contribution >= 4 is 17.3 Å². The van der Waals surface area contributed by atoms with Gasteiger partial charge in [-0.25, -0.2) is 4.39 Å². The molecule has 0 aromatic heterocycles. The van der Waals surface area contributed by atoms with Crippen LogP contribution in [0.1, 0.15) is 12.8 Å². The number of nitrogens with one attached hydrogen (secondary N) is 1. The summed E-state index contributed by atoms with van der Waals surface area (Å²) in [6.07, 6.45) is 1.67. The fourth-order valence-corrected chi connectivity index (χ4v) is 2.21. The first-order valence-electron chi connectivity index (χ1n) is 5.97. The summed E-state index contributed by atoms with van der Waals surface area (Å²) in [5.41, 5.74) is 6.82. The first-order chi connectivity index (χ1) is 8.60. The van der Waals surface area contributed by atoms with E-state index in [0.29, 0.717) is 11.6 Å². The number of nitrogens with two attached hydrogens (primary N) is 1. The molecule has 2 rings (SSSR count). The van der Waals surface area contributed by atoms with Gasteiger partial charge in [0.05, 0.1) is 24.4 Å². The van der Waals surface area contributed by atoms with Gasteiger partial charge < -0.3 is 15.8 Å². The van der Waals surface area contributed by atoms with Gasteiger partial charge >= 0.3 is 5.97 Å². The monoisotopic (exact) mass is 252 g/mol. The van der Waals surface area contributed by atoms with E-state index in [9.17, 15) is 9.18 Å². The summed E-state index contributed by atoms with van der Waals surface area (Å²) in [7, 11) is 1.41. The standard InChI is InChI=1S/C13H17FN2O2/c1-18-13(17)9-4-8(5-9)7-16-12-3-2-10(14)6-11(12)15/h2-3,6,8-9,16H,4-5,7,15H2,1H3. The number of hydrogen-bond donors (Lipinski definition) is 2. The van der Waals surface area contributed by atoms with Crippen LogP contribution in [0, 0.1) is 17.7 Å². The lowest BCUT2D eigenvalue weighted by Gasteiger charge is -2.33. The van der Waals surface area contributed by atoms with Gasteiger partial charge in [-0.2, -0.15) is 0 Å². The molecule has 0 bridgehead atoms. The third kappa shape index (κ3) is 2.72. The second kappa shape index (κ2) is 5.25. The Labute approximate surface area is 105 Å². The number of ether oxygens (including phenoxy) is 1. The van der Waals surface area contributed by atoms with Crippen molar-refractivity contribution in [1.29, 1.82) is 0 Å². The smallest absolute Gasteiger partial charge is 0.308 e. The van der Waals surface area contributed by atoms with Crippen molar-refractivity contribution in [3.05, 3.63) is 24.0 Å². The highest BCUT2D eigenvalue weighted by atomic mass is 19.1. The fraction of sp³-hybridized carbons (Fsp3) is 0.462. The molecule has 5 heteroatoms. The molecule has 0 saturated heterocycles. The van der Waals surface area contributed by atoms with Crippen molar-refractivity contribution in [3.8, 4) is 0 Å². The zero-order chi connectivity index (χ0) is 13.1. The summed E-state index contributed by atoms with van der Waals surface area (Å²) in [4.78, 5) is 11.2. The summed E-state index contributed by atoms with van der Waals surface area (Å²) in [5.74, 6) is 0.00548. The quantitative estimate of drug-likeness (QED) is 0.635. The molecule has 0 unspecified atom stereocenters. The predicted octanol–water partition coefficient (Wildman–Crippen LogP) is 2.02. The molecule has 1 aliphatic rings. The van der Waals surface area contributed by atoms with Crippen LogP contribution < -0.4 is 11.1 Å². The minimum atomic E-state index is -0.340. The van der Waals surface area contributed by atoms with E-state index in [4.69, 9.17) is 5.73 Å². The number of carbonyl (C=O) groups excluding carboxylic acids is 1. The lowest BCUT2D eigenvalue weighted by atomic mass is 9.75. The average Bonchev–Trinajstić information content (AvgIpc) is 2.29. The molecule has 0 spiro atoms. The summed E-state index contributed by atoms with van der Waals surface area (Å²) in [5, 5.41) is 3.18. The van der Waals surface area contributed by atoms with Crippen LogP contribution in [0.5, 0.6) is 0 Å². The van der Waals surface area contributed by atoms with Gasteiger partial charge in [-0.1, -0.05) is 0 Å². The van der Waals surface area contributed by atoms with Crippen LogP contribution in [-0.2, 0) is 9.53 Å². The molecule has 0 aliphatic heterocycles. The van der Waals surface area contributed by atoms with E-state index in [-0.39, 0.29) is 17.7 Å². The Balaban J connectivity index is 1.78. The molecule has 0 atom stereocenters. The van der Waals surface area contributed by atoms with Gasteiger partial charge in [0.25, 0.3) is 0 Å². The number of benzene rings is 1. The van der Waals surface area contributed by atoms with E-state index in [1.807, 2.05) is 0 Å². The third-order valence-corrected chi connectivity index (χ3v) is 3.37. The fourth-order valence-electron chi connectivity index (χ4n) is 2.21. The van der Waals surface area contributed by atoms with E-state index in [1.54, 1.807) is 6.07 Å². The molecule has 3 N–H and O–H groups in total. The molecule has 1 aromatic rings.